The van der Waals surface area contributed by atoms with Crippen LogP contribution >= 0.6 is 15.9 Å². The SMILES string of the molecule is CCOc1cc(OC)c2ccc(OC)c(Br)c2n1. The molecule has 0 unspecified atom stereocenters. The molecule has 0 amide bonds. The number of nitrogens with zero attached hydrogens (tertiary/aromatic N) is 1. The maximum atomic E-state index is 5.43. The van der Waals surface area contributed by atoms with Crippen molar-refractivity contribution in [2.24, 2.45) is 0 Å². The second-order valence-electron chi connectivity index (χ2n) is 3.57. The quantitative estimate of drug-likeness (QED) is 0.867. The maximum Gasteiger partial charge on any atom is 0.217 e. The molecule has 0 spiro atoms. The number of halogens is 1. The van der Waals surface area contributed by atoms with E-state index in [0.717, 1.165) is 26.9 Å². The monoisotopic (exact) mass is 311 g/mol. The van der Waals surface area contributed by atoms with Gasteiger partial charge in [-0.1, -0.05) is 0 Å². The van der Waals surface area contributed by atoms with Crippen LogP contribution in [0.15, 0.2) is 22.7 Å². The van der Waals surface area contributed by atoms with Crippen LogP contribution in [-0.2, 0) is 0 Å². The number of benzene rings is 1. The molecule has 0 aliphatic rings. The van der Waals surface area contributed by atoms with Crippen LogP contribution < -0.4 is 14.2 Å². The molecule has 5 heteroatoms. The lowest BCUT2D eigenvalue weighted by Crippen LogP contribution is -1.97. The summed E-state index contributed by atoms with van der Waals surface area (Å²) in [5.74, 6) is 1.99. The fraction of sp³-hybridized carbons (Fsp3) is 0.308. The lowest BCUT2D eigenvalue weighted by Gasteiger charge is -2.11. The minimum absolute atomic E-state index is 0.538. The van der Waals surface area contributed by atoms with Gasteiger partial charge in [0.1, 0.15) is 11.5 Å². The number of hydrogen-bond donors (Lipinski definition) is 0. The normalized spacial score (nSPS) is 10.4. The molecule has 0 N–H and O–H groups in total. The average molecular weight is 312 g/mol. The first-order valence-electron chi connectivity index (χ1n) is 5.55. The summed E-state index contributed by atoms with van der Waals surface area (Å²) in [5.41, 5.74) is 0.761. The Bertz CT molecular complexity index is 572. The van der Waals surface area contributed by atoms with E-state index >= 15 is 0 Å². The standard InChI is InChI=1S/C13H14BrNO3/c1-4-18-11-7-10(17-3)8-5-6-9(16-2)12(14)13(8)15-11/h5-7H,4H2,1-3H3. The van der Waals surface area contributed by atoms with Gasteiger partial charge in [-0.3, -0.25) is 0 Å². The van der Waals surface area contributed by atoms with E-state index in [4.69, 9.17) is 14.2 Å². The number of methoxy groups -OCH3 is 2. The van der Waals surface area contributed by atoms with Gasteiger partial charge in [-0.2, -0.15) is 0 Å². The fourth-order valence-electron chi connectivity index (χ4n) is 1.73. The molecule has 0 aliphatic carbocycles. The lowest BCUT2D eigenvalue weighted by atomic mass is 10.2. The highest BCUT2D eigenvalue weighted by Gasteiger charge is 2.13. The minimum atomic E-state index is 0.538. The van der Waals surface area contributed by atoms with Gasteiger partial charge in [-0.05, 0) is 35.0 Å². The van der Waals surface area contributed by atoms with Gasteiger partial charge in [-0.25, -0.2) is 4.98 Å². The Morgan fingerprint density at radius 1 is 1.17 bits per heavy atom. The third-order valence-corrected chi connectivity index (χ3v) is 3.32. The van der Waals surface area contributed by atoms with Crippen molar-refractivity contribution in [3.05, 3.63) is 22.7 Å². The van der Waals surface area contributed by atoms with Gasteiger partial charge in [0.25, 0.3) is 0 Å². The van der Waals surface area contributed by atoms with Gasteiger partial charge < -0.3 is 14.2 Å². The lowest BCUT2D eigenvalue weighted by molar-refractivity contribution is 0.324. The highest BCUT2D eigenvalue weighted by Crippen LogP contribution is 2.37. The number of rotatable bonds is 4. The van der Waals surface area contributed by atoms with E-state index in [1.165, 1.54) is 0 Å². The van der Waals surface area contributed by atoms with E-state index in [9.17, 15) is 0 Å². The zero-order chi connectivity index (χ0) is 13.1. The van der Waals surface area contributed by atoms with Crippen LogP contribution in [0.1, 0.15) is 6.92 Å². The molecule has 96 valence electrons. The van der Waals surface area contributed by atoms with Crippen molar-refractivity contribution >= 4 is 26.8 Å². The van der Waals surface area contributed by atoms with Crippen molar-refractivity contribution in [2.45, 2.75) is 6.92 Å². The van der Waals surface area contributed by atoms with Gasteiger partial charge in [0.2, 0.25) is 5.88 Å². The molecule has 1 aromatic carbocycles. The molecule has 4 nitrogen and oxygen atoms in total. The average Bonchev–Trinajstić information content (AvgIpc) is 2.39. The molecule has 2 aromatic rings. The molecular formula is C13H14BrNO3. The summed E-state index contributed by atoms with van der Waals surface area (Å²) in [6.45, 7) is 2.47. The molecule has 0 fully saturated rings. The molecule has 0 saturated carbocycles. The van der Waals surface area contributed by atoms with Crippen LogP contribution in [0.2, 0.25) is 0 Å². The third kappa shape index (κ3) is 2.22. The number of hydrogen-bond acceptors (Lipinski definition) is 4. The van der Waals surface area contributed by atoms with Crippen molar-refractivity contribution < 1.29 is 14.2 Å². The van der Waals surface area contributed by atoms with Gasteiger partial charge in [0.05, 0.1) is 30.8 Å². The van der Waals surface area contributed by atoms with Crippen LogP contribution in [0.3, 0.4) is 0 Å². The molecule has 1 aromatic heterocycles. The number of aromatic nitrogens is 1. The Balaban J connectivity index is 2.71. The summed E-state index contributed by atoms with van der Waals surface area (Å²) in [4.78, 5) is 4.45. The van der Waals surface area contributed by atoms with Gasteiger partial charge in [0.15, 0.2) is 0 Å². The van der Waals surface area contributed by atoms with E-state index in [-0.39, 0.29) is 0 Å². The first-order chi connectivity index (χ1) is 8.71. The molecule has 0 radical (unpaired) electrons. The van der Waals surface area contributed by atoms with Crippen LogP contribution in [0.5, 0.6) is 17.4 Å². The van der Waals surface area contributed by atoms with E-state index in [0.29, 0.717) is 12.5 Å². The first kappa shape index (κ1) is 13.0. The highest BCUT2D eigenvalue weighted by molar-refractivity contribution is 9.10. The summed E-state index contributed by atoms with van der Waals surface area (Å²) in [6, 6.07) is 5.57. The Labute approximate surface area is 114 Å². The van der Waals surface area contributed by atoms with E-state index in [1.54, 1.807) is 20.3 Å². The Kier molecular flexibility index (Phi) is 3.91. The molecule has 1 heterocycles. The maximum absolute atomic E-state index is 5.43. The molecule has 0 saturated heterocycles. The fourth-order valence-corrected chi connectivity index (χ4v) is 2.33. The summed E-state index contributed by atoms with van der Waals surface area (Å²) < 4.78 is 16.8. The molecule has 0 aliphatic heterocycles. The van der Waals surface area contributed by atoms with E-state index in [2.05, 4.69) is 20.9 Å². The van der Waals surface area contributed by atoms with E-state index < -0.39 is 0 Å². The molecule has 0 bridgehead atoms. The number of pyridine rings is 1. The molecular weight excluding hydrogens is 298 g/mol. The second-order valence-corrected chi connectivity index (χ2v) is 4.37. The summed E-state index contributed by atoms with van der Waals surface area (Å²) >= 11 is 3.49. The highest BCUT2D eigenvalue weighted by atomic mass is 79.9. The minimum Gasteiger partial charge on any atom is -0.496 e. The van der Waals surface area contributed by atoms with Crippen LogP contribution in [0, 0.1) is 0 Å². The Morgan fingerprint density at radius 3 is 2.50 bits per heavy atom. The zero-order valence-corrected chi connectivity index (χ0v) is 12.1. The van der Waals surface area contributed by atoms with Crippen molar-refractivity contribution in [1.29, 1.82) is 0 Å². The predicted molar refractivity (Wildman–Crippen MR) is 73.7 cm³/mol. The van der Waals surface area contributed by atoms with Gasteiger partial charge >= 0.3 is 0 Å². The third-order valence-electron chi connectivity index (χ3n) is 2.55. The molecule has 0 atom stereocenters. The van der Waals surface area contributed by atoms with Crippen molar-refractivity contribution in [3.8, 4) is 17.4 Å². The predicted octanol–water partition coefficient (Wildman–Crippen LogP) is 3.41. The Hall–Kier alpha value is -1.49. The number of fused-ring (bicyclic) bond motifs is 1. The van der Waals surface area contributed by atoms with E-state index in [1.807, 2.05) is 19.1 Å². The summed E-state index contributed by atoms with van der Waals surface area (Å²) in [5, 5.41) is 0.911. The van der Waals surface area contributed by atoms with Crippen molar-refractivity contribution in [1.82, 2.24) is 4.98 Å². The second kappa shape index (κ2) is 5.44. The van der Waals surface area contributed by atoms with Crippen molar-refractivity contribution in [2.75, 3.05) is 20.8 Å². The van der Waals surface area contributed by atoms with Crippen molar-refractivity contribution in [3.63, 3.8) is 0 Å². The molecule has 18 heavy (non-hydrogen) atoms. The van der Waals surface area contributed by atoms with Crippen LogP contribution in [-0.4, -0.2) is 25.8 Å². The largest absolute Gasteiger partial charge is 0.496 e. The van der Waals surface area contributed by atoms with Gasteiger partial charge in [-0.15, -0.1) is 0 Å². The van der Waals surface area contributed by atoms with Crippen LogP contribution in [0.4, 0.5) is 0 Å². The first-order valence-corrected chi connectivity index (χ1v) is 6.34. The smallest absolute Gasteiger partial charge is 0.217 e. The van der Waals surface area contributed by atoms with Crippen LogP contribution in [0.25, 0.3) is 10.9 Å². The summed E-state index contributed by atoms with van der Waals surface area (Å²) in [6.07, 6.45) is 0. The Morgan fingerprint density at radius 2 is 1.89 bits per heavy atom. The summed E-state index contributed by atoms with van der Waals surface area (Å²) in [7, 11) is 3.25. The van der Waals surface area contributed by atoms with Gasteiger partial charge in [0, 0.05) is 11.5 Å². The zero-order valence-electron chi connectivity index (χ0n) is 10.5. The number of ether oxygens (including phenoxy) is 3. The molecule has 2 rings (SSSR count). The topological polar surface area (TPSA) is 40.6 Å².